The summed E-state index contributed by atoms with van der Waals surface area (Å²) >= 11 is 0. The summed E-state index contributed by atoms with van der Waals surface area (Å²) in [5, 5.41) is 9.20. The number of rotatable bonds is 8. The molecule has 0 heterocycles. The van der Waals surface area contributed by atoms with Crippen LogP contribution in [0.15, 0.2) is 84.9 Å². The van der Waals surface area contributed by atoms with Gasteiger partial charge in [0.25, 0.3) is 0 Å². The van der Waals surface area contributed by atoms with Crippen molar-refractivity contribution in [3.05, 3.63) is 113 Å². The Balaban J connectivity index is 1.50. The number of aromatic carboxylic acids is 1. The Labute approximate surface area is 170 Å². The highest BCUT2D eigenvalue weighted by molar-refractivity contribution is 5.92. The summed E-state index contributed by atoms with van der Waals surface area (Å²) in [5.41, 5.74) is 3.56. The number of hydrogen-bond donors (Lipinski definition) is 1. The predicted molar refractivity (Wildman–Crippen MR) is 113 cm³/mol. The van der Waals surface area contributed by atoms with Crippen LogP contribution < -0.4 is 0 Å². The second-order valence-electron chi connectivity index (χ2n) is 6.59. The van der Waals surface area contributed by atoms with Crippen LogP contribution in [-0.4, -0.2) is 17.0 Å². The summed E-state index contributed by atoms with van der Waals surface area (Å²) < 4.78 is 5.33. The van der Waals surface area contributed by atoms with Crippen LogP contribution in [0.5, 0.6) is 0 Å². The molecular weight excluding hydrogens is 364 g/mol. The first kappa shape index (κ1) is 20.1. The zero-order chi connectivity index (χ0) is 20.5. The van der Waals surface area contributed by atoms with E-state index in [1.165, 1.54) is 0 Å². The van der Waals surface area contributed by atoms with E-state index in [2.05, 4.69) is 0 Å². The van der Waals surface area contributed by atoms with Crippen molar-refractivity contribution < 1.29 is 19.4 Å². The summed E-state index contributed by atoms with van der Waals surface area (Å²) in [6, 6.07) is 23.9. The molecule has 0 atom stereocenters. The molecule has 0 fully saturated rings. The van der Waals surface area contributed by atoms with E-state index in [0.29, 0.717) is 16.7 Å². The van der Waals surface area contributed by atoms with Gasteiger partial charge in [0.1, 0.15) is 6.61 Å². The molecule has 0 unspecified atom stereocenters. The van der Waals surface area contributed by atoms with Gasteiger partial charge in [-0.15, -0.1) is 0 Å². The number of benzene rings is 3. The van der Waals surface area contributed by atoms with Crippen LogP contribution in [-0.2, 0) is 17.8 Å². The van der Waals surface area contributed by atoms with Crippen molar-refractivity contribution in [3.63, 3.8) is 0 Å². The first-order chi connectivity index (χ1) is 14.1. The summed E-state index contributed by atoms with van der Waals surface area (Å²) in [4.78, 5) is 23.4. The van der Waals surface area contributed by atoms with Gasteiger partial charge in [-0.3, -0.25) is 0 Å². The van der Waals surface area contributed by atoms with Gasteiger partial charge in [-0.1, -0.05) is 72.8 Å². The normalized spacial score (nSPS) is 10.8. The molecule has 0 aliphatic rings. The number of carboxylic acid groups (broad SMARTS) is 1. The Bertz CT molecular complexity index is 989. The molecule has 0 radical (unpaired) electrons. The maximum atomic E-state index is 12.2. The minimum atomic E-state index is -0.931. The van der Waals surface area contributed by atoms with E-state index in [0.717, 1.165) is 24.0 Å². The highest BCUT2D eigenvalue weighted by Gasteiger charge is 2.08. The number of hydrogen-bond acceptors (Lipinski definition) is 3. The molecule has 0 bridgehead atoms. The van der Waals surface area contributed by atoms with Crippen molar-refractivity contribution in [2.45, 2.75) is 19.4 Å². The van der Waals surface area contributed by atoms with Gasteiger partial charge in [0.05, 0.1) is 11.1 Å². The third-order valence-corrected chi connectivity index (χ3v) is 4.49. The van der Waals surface area contributed by atoms with E-state index >= 15 is 0 Å². The van der Waals surface area contributed by atoms with E-state index in [9.17, 15) is 14.7 Å². The van der Waals surface area contributed by atoms with Crippen molar-refractivity contribution >= 4 is 18.0 Å². The first-order valence-electron chi connectivity index (χ1n) is 9.42. The molecule has 0 spiro atoms. The van der Waals surface area contributed by atoms with Crippen LogP contribution in [0.4, 0.5) is 0 Å². The van der Waals surface area contributed by atoms with Crippen LogP contribution in [0, 0.1) is 0 Å². The lowest BCUT2D eigenvalue weighted by Gasteiger charge is -2.06. The molecule has 0 saturated carbocycles. The molecule has 3 aromatic carbocycles. The summed E-state index contributed by atoms with van der Waals surface area (Å²) in [6.45, 7) is 0.254. The predicted octanol–water partition coefficient (Wildman–Crippen LogP) is 5.39. The van der Waals surface area contributed by atoms with Crippen LogP contribution in [0.1, 0.15) is 43.8 Å². The molecule has 3 aromatic rings. The van der Waals surface area contributed by atoms with E-state index < -0.39 is 5.97 Å². The number of esters is 1. The third kappa shape index (κ3) is 5.91. The monoisotopic (exact) mass is 386 g/mol. The molecule has 146 valence electrons. The van der Waals surface area contributed by atoms with Crippen molar-refractivity contribution in [2.75, 3.05) is 0 Å². The molecule has 4 heteroatoms. The van der Waals surface area contributed by atoms with Gasteiger partial charge in [-0.2, -0.15) is 0 Å². The maximum absolute atomic E-state index is 12.2. The molecule has 3 rings (SSSR count). The SMILES string of the molecule is O=C(OCc1ccccc1)c1ccc(CC/C=C/c2ccccc2C(=O)O)cc1. The quantitative estimate of drug-likeness (QED) is 0.527. The summed E-state index contributed by atoms with van der Waals surface area (Å²) in [7, 11) is 0. The number of carboxylic acids is 1. The fourth-order valence-corrected chi connectivity index (χ4v) is 2.91. The fraction of sp³-hybridized carbons (Fsp3) is 0.120. The summed E-state index contributed by atoms with van der Waals surface area (Å²) in [6.07, 6.45) is 5.36. The zero-order valence-corrected chi connectivity index (χ0v) is 16.0. The molecule has 0 aliphatic heterocycles. The lowest BCUT2D eigenvalue weighted by Crippen LogP contribution is -2.05. The highest BCUT2D eigenvalue weighted by atomic mass is 16.5. The molecule has 4 nitrogen and oxygen atoms in total. The van der Waals surface area contributed by atoms with Crippen molar-refractivity contribution in [3.8, 4) is 0 Å². The minimum absolute atomic E-state index is 0.254. The second-order valence-corrected chi connectivity index (χ2v) is 6.59. The van der Waals surface area contributed by atoms with Crippen molar-refractivity contribution in [1.29, 1.82) is 0 Å². The number of carbonyl (C=O) groups excluding carboxylic acids is 1. The largest absolute Gasteiger partial charge is 0.478 e. The van der Waals surface area contributed by atoms with E-state index in [-0.39, 0.29) is 12.6 Å². The zero-order valence-electron chi connectivity index (χ0n) is 16.0. The van der Waals surface area contributed by atoms with Crippen molar-refractivity contribution in [1.82, 2.24) is 0 Å². The minimum Gasteiger partial charge on any atom is -0.478 e. The van der Waals surface area contributed by atoms with Crippen LogP contribution in [0.3, 0.4) is 0 Å². The molecule has 0 aliphatic carbocycles. The topological polar surface area (TPSA) is 63.6 Å². The number of allylic oxidation sites excluding steroid dienone is 1. The molecule has 29 heavy (non-hydrogen) atoms. The average molecular weight is 386 g/mol. The van der Waals surface area contributed by atoms with Gasteiger partial charge in [0, 0.05) is 0 Å². The van der Waals surface area contributed by atoms with Gasteiger partial charge in [-0.05, 0) is 47.7 Å². The standard InChI is InChI=1S/C25H22O4/c26-24(27)23-13-7-6-12-21(23)11-5-4-8-19-14-16-22(17-15-19)25(28)29-18-20-9-2-1-3-10-20/h1-3,5-7,9-17H,4,8,18H2,(H,26,27)/b11-5+. The average Bonchev–Trinajstić information content (AvgIpc) is 2.76. The lowest BCUT2D eigenvalue weighted by atomic mass is 10.0. The lowest BCUT2D eigenvalue weighted by molar-refractivity contribution is 0.0472. The Morgan fingerprint density at radius 2 is 1.52 bits per heavy atom. The van der Waals surface area contributed by atoms with Crippen molar-refractivity contribution in [2.24, 2.45) is 0 Å². The van der Waals surface area contributed by atoms with Gasteiger partial charge in [0.2, 0.25) is 0 Å². The van der Waals surface area contributed by atoms with E-state index in [1.54, 1.807) is 30.3 Å². The first-order valence-corrected chi connectivity index (χ1v) is 9.42. The number of carbonyl (C=O) groups is 2. The smallest absolute Gasteiger partial charge is 0.338 e. The van der Waals surface area contributed by atoms with Gasteiger partial charge < -0.3 is 9.84 Å². The van der Waals surface area contributed by atoms with E-state index in [1.807, 2.05) is 60.7 Å². The Morgan fingerprint density at radius 1 is 0.828 bits per heavy atom. The van der Waals surface area contributed by atoms with Crippen LogP contribution in [0.25, 0.3) is 6.08 Å². The Morgan fingerprint density at radius 3 is 2.24 bits per heavy atom. The molecule has 0 amide bonds. The fourth-order valence-electron chi connectivity index (χ4n) is 2.91. The van der Waals surface area contributed by atoms with Gasteiger partial charge >= 0.3 is 11.9 Å². The van der Waals surface area contributed by atoms with Gasteiger partial charge in [0.15, 0.2) is 0 Å². The van der Waals surface area contributed by atoms with E-state index in [4.69, 9.17) is 4.74 Å². The molecule has 1 N–H and O–H groups in total. The molecule has 0 aromatic heterocycles. The highest BCUT2D eigenvalue weighted by Crippen LogP contribution is 2.13. The molecular formula is C25H22O4. The second kappa shape index (κ2) is 10.0. The van der Waals surface area contributed by atoms with Gasteiger partial charge in [-0.25, -0.2) is 9.59 Å². The number of aryl methyl sites for hydroxylation is 1. The van der Waals surface area contributed by atoms with Crippen LogP contribution in [0.2, 0.25) is 0 Å². The third-order valence-electron chi connectivity index (χ3n) is 4.49. The Kier molecular flexibility index (Phi) is 6.95. The maximum Gasteiger partial charge on any atom is 0.338 e. The molecule has 0 saturated heterocycles. The number of ether oxygens (including phenoxy) is 1. The Hall–Kier alpha value is -3.66. The van der Waals surface area contributed by atoms with Crippen LogP contribution >= 0.6 is 0 Å². The summed E-state index contributed by atoms with van der Waals surface area (Å²) in [5.74, 6) is -1.27.